The number of esters is 1. The molecule has 0 spiro atoms. The fourth-order valence-corrected chi connectivity index (χ4v) is 12.1. The Labute approximate surface area is 573 Å². The number of alkyl carbamates (subject to hydrolysis) is 1. The lowest BCUT2D eigenvalue weighted by Gasteiger charge is -2.41. The third-order valence-corrected chi connectivity index (χ3v) is 17.4. The second-order valence-electron chi connectivity index (χ2n) is 27.1. The molecule has 1 aliphatic heterocycles. The van der Waals surface area contributed by atoms with Crippen LogP contribution in [0.1, 0.15) is 138 Å². The molecule has 0 aromatic heterocycles. The maximum atomic E-state index is 14.9. The summed E-state index contributed by atoms with van der Waals surface area (Å²) in [5.74, 6) is -4.94. The Hall–Kier alpha value is -8.36. The molecule has 538 valence electrons. The number of likely N-dealkylation sites (tertiary alicyclic amines) is 1. The maximum absolute atomic E-state index is 14.9. The third kappa shape index (κ3) is 25.5. The first kappa shape index (κ1) is 81.1. The first-order valence-electron chi connectivity index (χ1n) is 33.5. The van der Waals surface area contributed by atoms with E-state index in [-0.39, 0.29) is 86.8 Å². The molecule has 1 saturated heterocycles. The van der Waals surface area contributed by atoms with Crippen molar-refractivity contribution in [2.45, 2.75) is 201 Å². The number of urea groups is 1. The van der Waals surface area contributed by atoms with E-state index < -0.39 is 108 Å². The highest BCUT2D eigenvalue weighted by Gasteiger charge is 2.44. The SMILES string of the molecule is CC[C@H](C)[C@@H]([C@@H](CC(=O)N1CCC[C@H]1[C@H](OC)[C@@H](C)C(=O)N[C@@H](Cc1ccccc1)C(=O)OC)OC)N(C)C(=O)[C@@H](NC(=O)[C@H](C(C)C)N(C)Cc1cccc(NC(=O)OCc2ccc(NC(=O)[C@H](CCCNC(N)=O)NC(=O)[C@@H](NC(=O)OC(C)(C)C)C(C)C)cc2)c1)C(C)C. The lowest BCUT2D eigenvalue weighted by atomic mass is 9.89. The molecule has 10 amide bonds. The van der Waals surface area contributed by atoms with E-state index in [1.54, 1.807) is 101 Å². The monoisotopic (exact) mass is 1360 g/mol. The molecule has 9 N–H and O–H groups in total. The summed E-state index contributed by atoms with van der Waals surface area (Å²) in [4.78, 5) is 140. The van der Waals surface area contributed by atoms with Crippen molar-refractivity contribution < 1.29 is 71.6 Å². The molecule has 3 aromatic carbocycles. The van der Waals surface area contributed by atoms with Gasteiger partial charge in [0.05, 0.1) is 49.8 Å². The molecular formula is C71H109N11O15. The number of carbonyl (C=O) groups is 10. The highest BCUT2D eigenvalue weighted by atomic mass is 16.6. The van der Waals surface area contributed by atoms with Crippen LogP contribution in [0.4, 0.5) is 25.8 Å². The fraction of sp³-hybridized carbons (Fsp3) is 0.606. The number of ether oxygens (including phenoxy) is 5. The smallest absolute Gasteiger partial charge is 0.411 e. The van der Waals surface area contributed by atoms with Crippen molar-refractivity contribution in [3.63, 3.8) is 0 Å². The number of rotatable bonds is 36. The summed E-state index contributed by atoms with van der Waals surface area (Å²) in [5.41, 5.74) is 7.44. The summed E-state index contributed by atoms with van der Waals surface area (Å²) >= 11 is 0. The van der Waals surface area contributed by atoms with Gasteiger partial charge in [-0.05, 0) is 118 Å². The maximum Gasteiger partial charge on any atom is 0.411 e. The minimum Gasteiger partial charge on any atom is -0.467 e. The Bertz CT molecular complexity index is 3070. The summed E-state index contributed by atoms with van der Waals surface area (Å²) in [6.45, 7) is 22.6. The first-order valence-corrected chi connectivity index (χ1v) is 33.5. The summed E-state index contributed by atoms with van der Waals surface area (Å²) < 4.78 is 28.1. The van der Waals surface area contributed by atoms with Gasteiger partial charge < -0.3 is 71.1 Å². The van der Waals surface area contributed by atoms with Gasteiger partial charge in [0.1, 0.15) is 36.4 Å². The minimum atomic E-state index is -1.08. The van der Waals surface area contributed by atoms with Crippen molar-refractivity contribution in [3.05, 3.63) is 95.6 Å². The third-order valence-electron chi connectivity index (χ3n) is 17.4. The molecule has 26 heteroatoms. The quantitative estimate of drug-likeness (QED) is 0.0161. The van der Waals surface area contributed by atoms with Gasteiger partial charge in [-0.3, -0.25) is 39.0 Å². The Kier molecular flexibility index (Phi) is 32.7. The average Bonchev–Trinajstić information content (AvgIpc) is 1.79. The second-order valence-corrected chi connectivity index (χ2v) is 27.1. The van der Waals surface area contributed by atoms with E-state index in [9.17, 15) is 47.9 Å². The normalized spacial score (nSPS) is 16.3. The first-order chi connectivity index (χ1) is 45.7. The van der Waals surface area contributed by atoms with E-state index in [4.69, 9.17) is 29.4 Å². The standard InChI is InChI=1S/C71H109N11O15/c1-18-45(8)60(55(93-15)39-56(83)82-36-24-30-54(82)61(94-16)46(9)62(84)77-53(67(89)95-17)38-47-25-20-19-21-26-47)81(14)66(88)58(43(4)5)78-65(87)59(44(6)7)80(13)40-49-27-22-28-51(37-49)75-69(91)96-41-48-31-33-50(34-32-48)74-63(85)52(29-23-35-73-68(72)90)76-64(86)57(42(2)3)79-70(92)97-71(10,11)12/h19-22,25-28,31-34,37,42-46,52-55,57-61H,18,23-24,29-30,35-36,38-41H2,1-17H3,(H,74,85)(H,75,91)(H,76,86)(H,77,84)(H,78,87)(H,79,92)(H3,72,73,90)/t45-,46+,52-,53-,54-,55+,57-,58-,59-,60-,61+/m0/s1. The van der Waals surface area contributed by atoms with Gasteiger partial charge in [0.15, 0.2) is 0 Å². The van der Waals surface area contributed by atoms with Crippen molar-refractivity contribution >= 4 is 71.0 Å². The van der Waals surface area contributed by atoms with Crippen LogP contribution >= 0.6 is 0 Å². The van der Waals surface area contributed by atoms with Gasteiger partial charge in [-0.15, -0.1) is 0 Å². The number of anilines is 2. The van der Waals surface area contributed by atoms with Crippen molar-refractivity contribution in [1.29, 1.82) is 0 Å². The highest BCUT2D eigenvalue weighted by molar-refractivity contribution is 5.98. The topological polar surface area (TPSA) is 337 Å². The molecule has 0 aliphatic carbocycles. The van der Waals surface area contributed by atoms with E-state index in [2.05, 4.69) is 37.2 Å². The van der Waals surface area contributed by atoms with Crippen LogP contribution in [0.2, 0.25) is 0 Å². The Morgan fingerprint density at radius 3 is 1.89 bits per heavy atom. The van der Waals surface area contributed by atoms with Gasteiger partial charge in [-0.1, -0.05) is 123 Å². The van der Waals surface area contributed by atoms with Gasteiger partial charge >= 0.3 is 24.2 Å². The van der Waals surface area contributed by atoms with Crippen molar-refractivity contribution in [2.24, 2.45) is 35.3 Å². The molecular weight excluding hydrogens is 1250 g/mol. The summed E-state index contributed by atoms with van der Waals surface area (Å²) in [5, 5.41) is 19.3. The molecule has 26 nitrogen and oxygen atoms in total. The van der Waals surface area contributed by atoms with Crippen LogP contribution < -0.4 is 43.0 Å². The number of hydrogen-bond donors (Lipinski definition) is 8. The van der Waals surface area contributed by atoms with Crippen LogP contribution in [0, 0.1) is 29.6 Å². The Morgan fingerprint density at radius 2 is 1.31 bits per heavy atom. The number of nitrogens with one attached hydrogen (secondary N) is 7. The van der Waals surface area contributed by atoms with Gasteiger partial charge in [0.25, 0.3) is 0 Å². The molecule has 11 atom stereocenters. The summed E-state index contributed by atoms with van der Waals surface area (Å²) in [6, 6.07) is 16.4. The Balaban J connectivity index is 1.39. The number of benzene rings is 3. The second kappa shape index (κ2) is 39.1. The minimum absolute atomic E-state index is 0.0785. The molecule has 1 aliphatic rings. The summed E-state index contributed by atoms with van der Waals surface area (Å²) in [6.07, 6.45) is -0.564. The van der Waals surface area contributed by atoms with Crippen molar-refractivity contribution in [1.82, 2.24) is 41.3 Å². The predicted octanol–water partition coefficient (Wildman–Crippen LogP) is 7.27. The number of nitrogens with zero attached hydrogens (tertiary/aromatic N) is 3. The zero-order chi connectivity index (χ0) is 72.4. The van der Waals surface area contributed by atoms with E-state index in [0.29, 0.717) is 42.7 Å². The van der Waals surface area contributed by atoms with E-state index in [1.165, 1.54) is 21.3 Å². The molecule has 0 bridgehead atoms. The fourth-order valence-electron chi connectivity index (χ4n) is 12.1. The molecule has 0 unspecified atom stereocenters. The number of methoxy groups -OCH3 is 3. The number of amides is 10. The van der Waals surface area contributed by atoms with Crippen LogP contribution in [0.25, 0.3) is 0 Å². The number of hydrogen-bond acceptors (Lipinski definition) is 16. The molecule has 4 rings (SSSR count). The summed E-state index contributed by atoms with van der Waals surface area (Å²) in [7, 11) is 7.79. The van der Waals surface area contributed by atoms with Gasteiger partial charge in [-0.2, -0.15) is 0 Å². The molecule has 3 aromatic rings. The van der Waals surface area contributed by atoms with Crippen LogP contribution in [-0.4, -0.2) is 183 Å². The zero-order valence-electron chi connectivity index (χ0n) is 59.9. The van der Waals surface area contributed by atoms with Gasteiger partial charge in [0, 0.05) is 58.7 Å². The van der Waals surface area contributed by atoms with E-state index in [1.807, 2.05) is 89.9 Å². The number of primary amides is 1. The molecule has 0 radical (unpaired) electrons. The van der Waals surface area contributed by atoms with E-state index in [0.717, 1.165) is 11.1 Å². The largest absolute Gasteiger partial charge is 0.467 e. The van der Waals surface area contributed by atoms with Crippen LogP contribution in [0.15, 0.2) is 78.9 Å². The molecule has 1 fully saturated rings. The highest BCUT2D eigenvalue weighted by Crippen LogP contribution is 2.31. The van der Waals surface area contributed by atoms with Crippen LogP contribution in [0.5, 0.6) is 0 Å². The van der Waals surface area contributed by atoms with Gasteiger partial charge in [0.2, 0.25) is 35.4 Å². The van der Waals surface area contributed by atoms with Gasteiger partial charge in [-0.25, -0.2) is 19.2 Å². The van der Waals surface area contributed by atoms with Crippen molar-refractivity contribution in [2.75, 3.05) is 59.1 Å². The lowest BCUT2D eigenvalue weighted by molar-refractivity contribution is -0.149. The molecule has 97 heavy (non-hydrogen) atoms. The van der Waals surface area contributed by atoms with Crippen LogP contribution in [-0.2, 0) is 76.8 Å². The number of carbonyl (C=O) groups excluding carboxylic acids is 10. The molecule has 1 heterocycles. The Morgan fingerprint density at radius 1 is 0.670 bits per heavy atom. The zero-order valence-corrected chi connectivity index (χ0v) is 59.9. The predicted molar refractivity (Wildman–Crippen MR) is 369 cm³/mol. The lowest BCUT2D eigenvalue weighted by Crippen LogP contribution is -2.60. The number of likely N-dealkylation sites (N-methyl/N-ethyl adjacent to an activating group) is 2. The van der Waals surface area contributed by atoms with Crippen LogP contribution in [0.3, 0.4) is 0 Å². The average molecular weight is 1360 g/mol. The van der Waals surface area contributed by atoms with Crippen molar-refractivity contribution in [3.8, 4) is 0 Å². The van der Waals surface area contributed by atoms with E-state index >= 15 is 0 Å². The molecule has 0 saturated carbocycles. The number of nitrogens with two attached hydrogens (primary N) is 1.